The Bertz CT molecular complexity index is 509. The second kappa shape index (κ2) is 9.46. The van der Waals surface area contributed by atoms with Gasteiger partial charge in [0.05, 0.1) is 11.3 Å². The molecule has 1 aromatic heterocycles. The lowest BCUT2D eigenvalue weighted by atomic mass is 10.0. The van der Waals surface area contributed by atoms with E-state index in [4.69, 9.17) is 4.74 Å². The molecular weight excluding hydrogens is 405 g/mol. The minimum Gasteiger partial charge on any atom is -0.373 e. The van der Waals surface area contributed by atoms with Crippen molar-refractivity contribution >= 4 is 29.9 Å². The molecule has 132 valence electrons. The van der Waals surface area contributed by atoms with Crippen LogP contribution < -0.4 is 10.6 Å². The van der Waals surface area contributed by atoms with Crippen molar-refractivity contribution in [1.82, 2.24) is 20.4 Å². The Balaban J connectivity index is 0.00000264. The van der Waals surface area contributed by atoms with Crippen molar-refractivity contribution in [1.29, 1.82) is 0 Å². The van der Waals surface area contributed by atoms with Crippen molar-refractivity contribution < 1.29 is 4.74 Å². The molecule has 1 unspecified atom stereocenters. The third-order valence-corrected chi connectivity index (χ3v) is 4.10. The Morgan fingerprint density at radius 1 is 1.43 bits per heavy atom. The number of nitrogens with zero attached hydrogens (tertiary/aromatic N) is 3. The molecule has 1 aromatic rings. The van der Waals surface area contributed by atoms with Gasteiger partial charge in [0.1, 0.15) is 0 Å². The zero-order valence-corrected chi connectivity index (χ0v) is 17.0. The molecule has 6 nitrogen and oxygen atoms in total. The SMILES string of the molecule is CN=C(NCCCn1nc(C)cc1C)NCC1(C)CCCO1.I. The highest BCUT2D eigenvalue weighted by atomic mass is 127. The first-order chi connectivity index (χ1) is 10.5. The lowest BCUT2D eigenvalue weighted by Crippen LogP contribution is -2.45. The first-order valence-corrected chi connectivity index (χ1v) is 8.12. The first kappa shape index (κ1) is 20.2. The van der Waals surface area contributed by atoms with E-state index in [1.54, 1.807) is 7.05 Å². The fourth-order valence-corrected chi connectivity index (χ4v) is 2.80. The van der Waals surface area contributed by atoms with Gasteiger partial charge in [-0.15, -0.1) is 24.0 Å². The molecule has 2 N–H and O–H groups in total. The molecule has 0 bridgehead atoms. The van der Waals surface area contributed by atoms with Crippen LogP contribution in [0.5, 0.6) is 0 Å². The fraction of sp³-hybridized carbons (Fsp3) is 0.750. The molecule has 23 heavy (non-hydrogen) atoms. The summed E-state index contributed by atoms with van der Waals surface area (Å²) in [5.41, 5.74) is 2.24. The molecule has 1 atom stereocenters. The van der Waals surface area contributed by atoms with Crippen LogP contribution in [0.1, 0.15) is 37.6 Å². The maximum absolute atomic E-state index is 5.78. The van der Waals surface area contributed by atoms with E-state index < -0.39 is 0 Å². The van der Waals surface area contributed by atoms with Crippen LogP contribution in [0.25, 0.3) is 0 Å². The number of rotatable bonds is 6. The summed E-state index contributed by atoms with van der Waals surface area (Å²) in [6.07, 6.45) is 3.26. The molecule has 1 saturated heterocycles. The van der Waals surface area contributed by atoms with Crippen LogP contribution in [-0.2, 0) is 11.3 Å². The number of aryl methyl sites for hydroxylation is 3. The number of nitrogens with one attached hydrogen (secondary N) is 2. The van der Waals surface area contributed by atoms with Crippen molar-refractivity contribution in [3.05, 3.63) is 17.5 Å². The van der Waals surface area contributed by atoms with Gasteiger partial charge in [-0.25, -0.2) is 0 Å². The number of hydrogen-bond donors (Lipinski definition) is 2. The quantitative estimate of drug-likeness (QED) is 0.312. The zero-order chi connectivity index (χ0) is 16.0. The summed E-state index contributed by atoms with van der Waals surface area (Å²) in [6.45, 7) is 9.73. The van der Waals surface area contributed by atoms with E-state index in [-0.39, 0.29) is 29.6 Å². The molecule has 2 heterocycles. The van der Waals surface area contributed by atoms with E-state index in [1.807, 2.05) is 6.92 Å². The molecule has 1 fully saturated rings. The Kier molecular flexibility index (Phi) is 8.32. The lowest BCUT2D eigenvalue weighted by Gasteiger charge is -2.24. The molecule has 0 saturated carbocycles. The summed E-state index contributed by atoms with van der Waals surface area (Å²) in [5.74, 6) is 0.838. The average molecular weight is 435 g/mol. The Labute approximate surface area is 156 Å². The number of halogens is 1. The molecule has 0 radical (unpaired) electrons. The summed E-state index contributed by atoms with van der Waals surface area (Å²) in [6, 6.07) is 2.11. The maximum Gasteiger partial charge on any atom is 0.191 e. The van der Waals surface area contributed by atoms with E-state index in [0.717, 1.165) is 57.2 Å². The van der Waals surface area contributed by atoms with Crippen molar-refractivity contribution in [2.45, 2.75) is 52.2 Å². The molecule has 0 spiro atoms. The first-order valence-electron chi connectivity index (χ1n) is 8.12. The van der Waals surface area contributed by atoms with E-state index in [2.05, 4.69) is 45.3 Å². The van der Waals surface area contributed by atoms with Gasteiger partial charge >= 0.3 is 0 Å². The van der Waals surface area contributed by atoms with Gasteiger partial charge < -0.3 is 15.4 Å². The van der Waals surface area contributed by atoms with Crippen LogP contribution in [-0.4, -0.2) is 48.1 Å². The van der Waals surface area contributed by atoms with Gasteiger partial charge in [0, 0.05) is 39.0 Å². The number of aliphatic imine (C=N–C) groups is 1. The minimum absolute atomic E-state index is 0. The second-order valence-electron chi connectivity index (χ2n) is 6.26. The number of hydrogen-bond acceptors (Lipinski definition) is 3. The number of ether oxygens (including phenoxy) is 1. The topological polar surface area (TPSA) is 63.5 Å². The van der Waals surface area contributed by atoms with Crippen LogP contribution >= 0.6 is 24.0 Å². The molecule has 1 aliphatic rings. The Morgan fingerprint density at radius 2 is 2.22 bits per heavy atom. The highest BCUT2D eigenvalue weighted by molar-refractivity contribution is 14.0. The molecule has 0 amide bonds. The van der Waals surface area contributed by atoms with Crippen LogP contribution in [0.3, 0.4) is 0 Å². The van der Waals surface area contributed by atoms with Crippen LogP contribution in [0.15, 0.2) is 11.1 Å². The molecular formula is C16H30IN5O. The van der Waals surface area contributed by atoms with Crippen molar-refractivity contribution in [3.8, 4) is 0 Å². The molecule has 7 heteroatoms. The van der Waals surface area contributed by atoms with Gasteiger partial charge in [0.25, 0.3) is 0 Å². The molecule has 0 aromatic carbocycles. The standard InChI is InChI=1S/C16H29N5O.HI/c1-13-11-14(2)21(20-13)9-6-8-18-15(17-4)19-12-16(3)7-5-10-22-16;/h11H,5-10,12H2,1-4H3,(H2,17,18,19);1H. The average Bonchev–Trinajstić information content (AvgIpc) is 3.04. The van der Waals surface area contributed by atoms with E-state index in [0.29, 0.717) is 0 Å². The Morgan fingerprint density at radius 3 is 2.78 bits per heavy atom. The number of aromatic nitrogens is 2. The van der Waals surface area contributed by atoms with Gasteiger partial charge in [-0.05, 0) is 46.1 Å². The Hall–Kier alpha value is -0.830. The van der Waals surface area contributed by atoms with Crippen molar-refractivity contribution in [3.63, 3.8) is 0 Å². The predicted octanol–water partition coefficient (Wildman–Crippen LogP) is 2.24. The molecule has 0 aliphatic carbocycles. The van der Waals surface area contributed by atoms with Crippen LogP contribution in [0, 0.1) is 13.8 Å². The predicted molar refractivity (Wildman–Crippen MR) is 105 cm³/mol. The molecule has 2 rings (SSSR count). The third kappa shape index (κ3) is 6.29. The maximum atomic E-state index is 5.78. The monoisotopic (exact) mass is 435 g/mol. The highest BCUT2D eigenvalue weighted by Crippen LogP contribution is 2.23. The third-order valence-electron chi connectivity index (χ3n) is 4.10. The van der Waals surface area contributed by atoms with Gasteiger partial charge in [-0.3, -0.25) is 9.67 Å². The number of guanidine groups is 1. The van der Waals surface area contributed by atoms with Gasteiger partial charge in [-0.2, -0.15) is 5.10 Å². The van der Waals surface area contributed by atoms with E-state index in [1.165, 1.54) is 5.69 Å². The van der Waals surface area contributed by atoms with E-state index in [9.17, 15) is 0 Å². The smallest absolute Gasteiger partial charge is 0.191 e. The van der Waals surface area contributed by atoms with Crippen LogP contribution in [0.2, 0.25) is 0 Å². The highest BCUT2D eigenvalue weighted by Gasteiger charge is 2.29. The fourth-order valence-electron chi connectivity index (χ4n) is 2.80. The minimum atomic E-state index is -0.0542. The van der Waals surface area contributed by atoms with E-state index >= 15 is 0 Å². The largest absolute Gasteiger partial charge is 0.373 e. The van der Waals surface area contributed by atoms with Gasteiger partial charge in [-0.1, -0.05) is 0 Å². The van der Waals surface area contributed by atoms with Crippen molar-refractivity contribution in [2.75, 3.05) is 26.7 Å². The molecule has 1 aliphatic heterocycles. The normalized spacial score (nSPS) is 21.1. The second-order valence-corrected chi connectivity index (χ2v) is 6.26. The lowest BCUT2D eigenvalue weighted by molar-refractivity contribution is 0.0243. The van der Waals surface area contributed by atoms with Crippen LogP contribution in [0.4, 0.5) is 0 Å². The van der Waals surface area contributed by atoms with Crippen molar-refractivity contribution in [2.24, 2.45) is 4.99 Å². The summed E-state index contributed by atoms with van der Waals surface area (Å²) in [4.78, 5) is 4.26. The van der Waals surface area contributed by atoms with Gasteiger partial charge in [0.2, 0.25) is 0 Å². The summed E-state index contributed by atoms with van der Waals surface area (Å²) < 4.78 is 7.83. The van der Waals surface area contributed by atoms with Gasteiger partial charge in [0.15, 0.2) is 5.96 Å². The summed E-state index contributed by atoms with van der Waals surface area (Å²) >= 11 is 0. The zero-order valence-electron chi connectivity index (χ0n) is 14.7. The summed E-state index contributed by atoms with van der Waals surface area (Å²) in [7, 11) is 1.80. The summed E-state index contributed by atoms with van der Waals surface area (Å²) in [5, 5.41) is 11.2.